The maximum atomic E-state index is 8.88. The van der Waals surface area contributed by atoms with E-state index in [0.717, 1.165) is 17.7 Å². The molecule has 0 saturated carbocycles. The van der Waals surface area contributed by atoms with Crippen molar-refractivity contribution in [2.75, 3.05) is 7.11 Å². The third-order valence-corrected chi connectivity index (χ3v) is 2.11. The van der Waals surface area contributed by atoms with Crippen LogP contribution in [0.2, 0.25) is 0 Å². The average Bonchev–Trinajstić information content (AvgIpc) is 2.19. The first-order valence-corrected chi connectivity index (χ1v) is 4.61. The monoisotopic (exact) mass is 189 g/mol. The highest BCUT2D eigenvalue weighted by Crippen LogP contribution is 2.21. The Bertz CT molecular complexity index is 332. The summed E-state index contributed by atoms with van der Waals surface area (Å²) in [7, 11) is 1.65. The lowest BCUT2D eigenvalue weighted by molar-refractivity contribution is 0.414. The molecule has 1 rings (SSSR count). The Hall–Kier alpha value is -1.49. The van der Waals surface area contributed by atoms with Crippen LogP contribution in [0.4, 0.5) is 0 Å². The Balaban J connectivity index is 2.75. The van der Waals surface area contributed by atoms with Gasteiger partial charge in [0.25, 0.3) is 0 Å². The Kier molecular flexibility index (Phi) is 3.14. The predicted molar refractivity (Wildman–Crippen MR) is 56.1 cm³/mol. The summed E-state index contributed by atoms with van der Waals surface area (Å²) in [5.41, 5.74) is 0.867. The first-order valence-electron chi connectivity index (χ1n) is 4.61. The summed E-state index contributed by atoms with van der Waals surface area (Å²) in [5, 5.41) is 8.88. The Morgan fingerprint density at radius 2 is 1.86 bits per heavy atom. The fraction of sp³-hybridized carbons (Fsp3) is 0.417. The van der Waals surface area contributed by atoms with Gasteiger partial charge in [-0.15, -0.1) is 0 Å². The molecule has 14 heavy (non-hydrogen) atoms. The summed E-state index contributed by atoms with van der Waals surface area (Å²) in [6.45, 7) is 3.88. The van der Waals surface area contributed by atoms with E-state index in [1.54, 1.807) is 7.11 Å². The SMILES string of the molecule is COc1ccc(CC(C)(C)C#N)cc1. The van der Waals surface area contributed by atoms with Crippen molar-refractivity contribution in [3.63, 3.8) is 0 Å². The van der Waals surface area contributed by atoms with Crippen molar-refractivity contribution in [2.24, 2.45) is 5.41 Å². The third-order valence-electron chi connectivity index (χ3n) is 2.11. The number of hydrogen-bond acceptors (Lipinski definition) is 2. The third kappa shape index (κ3) is 2.77. The van der Waals surface area contributed by atoms with E-state index in [0.29, 0.717) is 0 Å². The number of nitrogens with zero attached hydrogens (tertiary/aromatic N) is 1. The summed E-state index contributed by atoms with van der Waals surface area (Å²) in [4.78, 5) is 0. The molecule has 0 aliphatic heterocycles. The molecule has 0 aromatic heterocycles. The van der Waals surface area contributed by atoms with E-state index in [1.807, 2.05) is 38.1 Å². The van der Waals surface area contributed by atoms with E-state index in [1.165, 1.54) is 0 Å². The van der Waals surface area contributed by atoms with Gasteiger partial charge in [0.05, 0.1) is 18.6 Å². The molecule has 0 heterocycles. The molecule has 0 saturated heterocycles. The van der Waals surface area contributed by atoms with Gasteiger partial charge in [-0.3, -0.25) is 0 Å². The van der Waals surface area contributed by atoms with Gasteiger partial charge in [-0.2, -0.15) is 5.26 Å². The summed E-state index contributed by atoms with van der Waals surface area (Å²) in [6, 6.07) is 10.1. The predicted octanol–water partition coefficient (Wildman–Crippen LogP) is 2.79. The zero-order valence-corrected chi connectivity index (χ0v) is 8.87. The zero-order valence-electron chi connectivity index (χ0n) is 8.87. The lowest BCUT2D eigenvalue weighted by atomic mass is 9.87. The first-order chi connectivity index (χ1) is 6.57. The van der Waals surface area contributed by atoms with Gasteiger partial charge in [0.15, 0.2) is 0 Å². The molecule has 0 amide bonds. The van der Waals surface area contributed by atoms with Crippen LogP contribution in [0.5, 0.6) is 5.75 Å². The summed E-state index contributed by atoms with van der Waals surface area (Å²) < 4.78 is 5.06. The lowest BCUT2D eigenvalue weighted by Gasteiger charge is -2.14. The number of rotatable bonds is 3. The molecule has 74 valence electrons. The summed E-state index contributed by atoms with van der Waals surface area (Å²) in [5.74, 6) is 0.850. The molecule has 0 bridgehead atoms. The standard InChI is InChI=1S/C12H15NO/c1-12(2,9-13)8-10-4-6-11(14-3)7-5-10/h4-7H,8H2,1-3H3. The van der Waals surface area contributed by atoms with E-state index in [-0.39, 0.29) is 5.41 Å². The van der Waals surface area contributed by atoms with Crippen LogP contribution in [0.15, 0.2) is 24.3 Å². The van der Waals surface area contributed by atoms with Crippen LogP contribution >= 0.6 is 0 Å². The largest absolute Gasteiger partial charge is 0.497 e. The van der Waals surface area contributed by atoms with Crippen molar-refractivity contribution in [3.05, 3.63) is 29.8 Å². The topological polar surface area (TPSA) is 33.0 Å². The maximum Gasteiger partial charge on any atom is 0.118 e. The smallest absolute Gasteiger partial charge is 0.118 e. The van der Waals surface area contributed by atoms with Gasteiger partial charge in [0.1, 0.15) is 5.75 Å². The number of ether oxygens (including phenoxy) is 1. The Morgan fingerprint density at radius 1 is 1.29 bits per heavy atom. The van der Waals surface area contributed by atoms with Crippen LogP contribution in [-0.2, 0) is 6.42 Å². The maximum absolute atomic E-state index is 8.88. The minimum Gasteiger partial charge on any atom is -0.497 e. The molecule has 0 radical (unpaired) electrons. The van der Waals surface area contributed by atoms with Crippen molar-refractivity contribution in [1.82, 2.24) is 0 Å². The highest BCUT2D eigenvalue weighted by Gasteiger charge is 2.16. The van der Waals surface area contributed by atoms with Crippen LogP contribution in [0.1, 0.15) is 19.4 Å². The van der Waals surface area contributed by atoms with Crippen LogP contribution in [0.3, 0.4) is 0 Å². The van der Waals surface area contributed by atoms with Gasteiger partial charge in [0, 0.05) is 0 Å². The average molecular weight is 189 g/mol. The highest BCUT2D eigenvalue weighted by atomic mass is 16.5. The van der Waals surface area contributed by atoms with Crippen LogP contribution < -0.4 is 4.74 Å². The number of nitriles is 1. The highest BCUT2D eigenvalue weighted by molar-refractivity contribution is 5.28. The van der Waals surface area contributed by atoms with E-state index in [4.69, 9.17) is 10.00 Å². The normalized spacial score (nSPS) is 10.7. The molecule has 2 nitrogen and oxygen atoms in total. The molecular weight excluding hydrogens is 174 g/mol. The molecule has 2 heteroatoms. The number of benzene rings is 1. The molecule has 1 aromatic carbocycles. The van der Waals surface area contributed by atoms with Gasteiger partial charge in [-0.1, -0.05) is 12.1 Å². The summed E-state index contributed by atoms with van der Waals surface area (Å²) >= 11 is 0. The molecular formula is C12H15NO. The van der Waals surface area contributed by atoms with Gasteiger partial charge in [-0.05, 0) is 38.0 Å². The van der Waals surface area contributed by atoms with Crippen molar-refractivity contribution in [3.8, 4) is 11.8 Å². The van der Waals surface area contributed by atoms with Crippen molar-refractivity contribution in [1.29, 1.82) is 5.26 Å². The Labute approximate surface area is 85.1 Å². The Morgan fingerprint density at radius 3 is 2.29 bits per heavy atom. The molecule has 0 aliphatic carbocycles. The van der Waals surface area contributed by atoms with Crippen molar-refractivity contribution < 1.29 is 4.74 Å². The van der Waals surface area contributed by atoms with Crippen LogP contribution in [-0.4, -0.2) is 7.11 Å². The van der Waals surface area contributed by atoms with Crippen LogP contribution in [0, 0.1) is 16.7 Å². The second-order valence-corrected chi connectivity index (χ2v) is 4.02. The molecule has 0 aliphatic rings. The van der Waals surface area contributed by atoms with E-state index < -0.39 is 0 Å². The van der Waals surface area contributed by atoms with Crippen molar-refractivity contribution >= 4 is 0 Å². The van der Waals surface area contributed by atoms with Crippen molar-refractivity contribution in [2.45, 2.75) is 20.3 Å². The quantitative estimate of drug-likeness (QED) is 0.732. The lowest BCUT2D eigenvalue weighted by Crippen LogP contribution is -2.11. The van der Waals surface area contributed by atoms with Gasteiger partial charge < -0.3 is 4.74 Å². The fourth-order valence-corrected chi connectivity index (χ4v) is 1.29. The second kappa shape index (κ2) is 4.15. The molecule has 0 unspecified atom stereocenters. The number of hydrogen-bond donors (Lipinski definition) is 0. The molecule has 0 spiro atoms. The minimum absolute atomic E-state index is 0.297. The van der Waals surface area contributed by atoms with Gasteiger partial charge in [0.2, 0.25) is 0 Å². The number of methoxy groups -OCH3 is 1. The fourth-order valence-electron chi connectivity index (χ4n) is 1.29. The second-order valence-electron chi connectivity index (χ2n) is 4.02. The van der Waals surface area contributed by atoms with Gasteiger partial charge in [-0.25, -0.2) is 0 Å². The van der Waals surface area contributed by atoms with E-state index in [9.17, 15) is 0 Å². The zero-order chi connectivity index (χ0) is 10.6. The molecule has 0 fully saturated rings. The minimum atomic E-state index is -0.297. The molecule has 1 aromatic rings. The first kappa shape index (κ1) is 10.6. The molecule has 0 atom stereocenters. The van der Waals surface area contributed by atoms with E-state index in [2.05, 4.69) is 6.07 Å². The van der Waals surface area contributed by atoms with Gasteiger partial charge >= 0.3 is 0 Å². The van der Waals surface area contributed by atoms with E-state index >= 15 is 0 Å². The van der Waals surface area contributed by atoms with Crippen LogP contribution in [0.25, 0.3) is 0 Å². The molecule has 0 N–H and O–H groups in total. The summed E-state index contributed by atoms with van der Waals surface area (Å²) in [6.07, 6.45) is 0.771.